The summed E-state index contributed by atoms with van der Waals surface area (Å²) < 4.78 is 0. The first-order chi connectivity index (χ1) is 16.9. The Bertz CT molecular complexity index is 1090. The molecular weight excluding hydrogens is 434 g/mol. The van der Waals surface area contributed by atoms with Gasteiger partial charge in [0.25, 0.3) is 0 Å². The zero-order chi connectivity index (χ0) is 24.2. The smallest absolute Gasteiger partial charge is 0.316 e. The van der Waals surface area contributed by atoms with Gasteiger partial charge in [-0.3, -0.25) is 9.88 Å². The molecule has 35 heavy (non-hydrogen) atoms. The van der Waals surface area contributed by atoms with Gasteiger partial charge in [-0.2, -0.15) is 0 Å². The maximum Gasteiger partial charge on any atom is 0.351 e. The van der Waals surface area contributed by atoms with Gasteiger partial charge in [0.1, 0.15) is 6.04 Å². The summed E-state index contributed by atoms with van der Waals surface area (Å²) in [5.74, 6) is 2.04. The number of carbonyl (C=O) groups is 1. The summed E-state index contributed by atoms with van der Waals surface area (Å²) in [7, 11) is 1.99. The van der Waals surface area contributed by atoms with E-state index in [0.717, 1.165) is 62.1 Å². The number of likely N-dealkylation sites (N-methyl/N-ethyl adjacent to an activating group) is 1. The number of allylic oxidation sites excluding steroid dienone is 4. The van der Waals surface area contributed by atoms with Crippen molar-refractivity contribution in [3.8, 4) is 0 Å². The van der Waals surface area contributed by atoms with Gasteiger partial charge in [-0.05, 0) is 123 Å². The molecule has 0 radical (unpaired) electrons. The molecule has 0 N–H and O–H groups in total. The number of pyridine rings is 1. The van der Waals surface area contributed by atoms with Crippen molar-refractivity contribution in [1.82, 2.24) is 9.88 Å². The molecule has 1 saturated heterocycles. The third-order valence-corrected chi connectivity index (χ3v) is 10.6. The van der Waals surface area contributed by atoms with Crippen LogP contribution in [-0.4, -0.2) is 41.2 Å². The van der Waals surface area contributed by atoms with Crippen LogP contribution in [0.25, 0.3) is 5.57 Å². The summed E-state index contributed by atoms with van der Waals surface area (Å²) in [5.41, 5.74) is 5.86. The standard InChI is InChI=1S/C30H39N3O2/c1-29-14-12-22(32-35-28(34)27-7-5-17-33(27)3)18-21(29)8-9-23-25-11-10-24(20-6-4-16-31-19-20)30(25,2)15-13-26(23)29/h4,6,10,16,18-19,23,25-27H,5,7-9,11-15,17H2,1-3H3/t23-,25+,26+,27+,29+,30-/m1/s1. The Labute approximate surface area is 209 Å². The lowest BCUT2D eigenvalue weighted by molar-refractivity contribution is -0.148. The Kier molecular flexibility index (Phi) is 5.75. The number of hydrogen-bond donors (Lipinski definition) is 0. The van der Waals surface area contributed by atoms with E-state index in [2.05, 4.69) is 53.2 Å². The number of rotatable bonds is 3. The van der Waals surface area contributed by atoms with Gasteiger partial charge in [0, 0.05) is 12.4 Å². The van der Waals surface area contributed by atoms with E-state index in [1.165, 1.54) is 36.8 Å². The van der Waals surface area contributed by atoms with Crippen LogP contribution in [-0.2, 0) is 9.63 Å². The SMILES string of the molecule is CN1CCC[C@H]1C(=O)ON=C1C=C2CC[C@H]3[C@H](CC[C@]4(C)C(c5cccnc5)=CC[C@@H]34)[C@@]2(C)CC1. The van der Waals surface area contributed by atoms with Gasteiger partial charge in [-0.25, -0.2) is 4.79 Å². The molecule has 2 heterocycles. The highest BCUT2D eigenvalue weighted by atomic mass is 16.7. The Morgan fingerprint density at radius 2 is 2.03 bits per heavy atom. The molecular formula is C30H39N3O2. The number of fused-ring (bicyclic) bond motifs is 5. The quantitative estimate of drug-likeness (QED) is 0.397. The van der Waals surface area contributed by atoms with Crippen molar-refractivity contribution < 1.29 is 9.63 Å². The van der Waals surface area contributed by atoms with E-state index in [1.54, 1.807) is 5.57 Å². The molecule has 1 aromatic rings. The second-order valence-electron chi connectivity index (χ2n) is 12.2. The second kappa shape index (κ2) is 8.69. The molecule has 0 amide bonds. The van der Waals surface area contributed by atoms with Gasteiger partial charge in [-0.1, -0.05) is 36.7 Å². The zero-order valence-corrected chi connectivity index (χ0v) is 21.5. The third kappa shape index (κ3) is 3.73. The maximum atomic E-state index is 12.5. The Morgan fingerprint density at radius 3 is 2.80 bits per heavy atom. The van der Waals surface area contributed by atoms with Crippen molar-refractivity contribution in [2.24, 2.45) is 33.7 Å². The minimum atomic E-state index is -0.197. The first-order valence-corrected chi connectivity index (χ1v) is 13.7. The fraction of sp³-hybridized carbons (Fsp3) is 0.633. The second-order valence-corrected chi connectivity index (χ2v) is 12.2. The van der Waals surface area contributed by atoms with Gasteiger partial charge >= 0.3 is 5.97 Å². The lowest BCUT2D eigenvalue weighted by Crippen LogP contribution is -2.49. The van der Waals surface area contributed by atoms with Crippen molar-refractivity contribution in [2.75, 3.05) is 13.6 Å². The van der Waals surface area contributed by atoms with Crippen LogP contribution in [0.4, 0.5) is 0 Å². The van der Waals surface area contributed by atoms with Gasteiger partial charge in [0.05, 0.1) is 5.71 Å². The van der Waals surface area contributed by atoms with Gasteiger partial charge in [-0.15, -0.1) is 0 Å². The van der Waals surface area contributed by atoms with Crippen molar-refractivity contribution in [1.29, 1.82) is 0 Å². The monoisotopic (exact) mass is 473 g/mol. The predicted molar refractivity (Wildman–Crippen MR) is 138 cm³/mol. The molecule has 5 heteroatoms. The van der Waals surface area contributed by atoms with Gasteiger partial charge in [0.2, 0.25) is 0 Å². The molecule has 0 unspecified atom stereocenters. The van der Waals surface area contributed by atoms with Crippen molar-refractivity contribution in [3.05, 3.63) is 47.8 Å². The summed E-state index contributed by atoms with van der Waals surface area (Å²) in [6.07, 6.45) is 18.8. The van der Waals surface area contributed by atoms with E-state index in [9.17, 15) is 4.79 Å². The van der Waals surface area contributed by atoms with E-state index >= 15 is 0 Å². The van der Waals surface area contributed by atoms with Gasteiger partial charge in [0.15, 0.2) is 0 Å². The molecule has 0 spiro atoms. The lowest BCUT2D eigenvalue weighted by Gasteiger charge is -2.58. The summed E-state index contributed by atoms with van der Waals surface area (Å²) in [4.78, 5) is 24.4. The Balaban J connectivity index is 1.18. The topological polar surface area (TPSA) is 54.8 Å². The molecule has 0 aromatic carbocycles. The van der Waals surface area contributed by atoms with E-state index in [1.807, 2.05) is 19.4 Å². The molecule has 0 bridgehead atoms. The van der Waals surface area contributed by atoms with Gasteiger partial charge < -0.3 is 4.84 Å². The van der Waals surface area contributed by atoms with Crippen LogP contribution < -0.4 is 0 Å². The van der Waals surface area contributed by atoms with Crippen molar-refractivity contribution in [2.45, 2.75) is 77.7 Å². The lowest BCUT2D eigenvalue weighted by atomic mass is 9.46. The van der Waals surface area contributed by atoms with E-state index in [0.29, 0.717) is 0 Å². The van der Waals surface area contributed by atoms with Crippen LogP contribution >= 0.6 is 0 Å². The fourth-order valence-corrected chi connectivity index (χ4v) is 8.55. The summed E-state index contributed by atoms with van der Waals surface area (Å²) in [6, 6.07) is 4.17. The molecule has 1 aliphatic heterocycles. The number of carbonyl (C=O) groups excluding carboxylic acids is 1. The van der Waals surface area contributed by atoms with E-state index in [-0.39, 0.29) is 22.8 Å². The number of likely N-dealkylation sites (tertiary alicyclic amines) is 1. The van der Waals surface area contributed by atoms with Crippen LogP contribution in [0.1, 0.15) is 77.2 Å². The highest BCUT2D eigenvalue weighted by molar-refractivity contribution is 5.97. The normalized spacial score (nSPS) is 39.9. The average Bonchev–Trinajstić information content (AvgIpc) is 3.45. The Hall–Kier alpha value is -2.27. The molecule has 6 rings (SSSR count). The Morgan fingerprint density at radius 1 is 1.14 bits per heavy atom. The van der Waals surface area contributed by atoms with Crippen LogP contribution in [0, 0.1) is 28.6 Å². The van der Waals surface area contributed by atoms with E-state index < -0.39 is 0 Å². The summed E-state index contributed by atoms with van der Waals surface area (Å²) in [5, 5.41) is 4.35. The molecule has 6 atom stereocenters. The molecule has 3 fully saturated rings. The largest absolute Gasteiger partial charge is 0.351 e. The van der Waals surface area contributed by atoms with Crippen LogP contribution in [0.15, 0.2) is 47.4 Å². The minimum Gasteiger partial charge on any atom is -0.316 e. The minimum absolute atomic E-state index is 0.135. The van der Waals surface area contributed by atoms with Crippen LogP contribution in [0.5, 0.6) is 0 Å². The average molecular weight is 474 g/mol. The van der Waals surface area contributed by atoms with Crippen molar-refractivity contribution >= 4 is 17.3 Å². The molecule has 186 valence electrons. The number of oxime groups is 1. The fourth-order valence-electron chi connectivity index (χ4n) is 8.55. The molecule has 5 nitrogen and oxygen atoms in total. The number of aromatic nitrogens is 1. The first-order valence-electron chi connectivity index (χ1n) is 13.7. The van der Waals surface area contributed by atoms with Crippen molar-refractivity contribution in [3.63, 3.8) is 0 Å². The summed E-state index contributed by atoms with van der Waals surface area (Å²) >= 11 is 0. The molecule has 2 saturated carbocycles. The number of nitrogens with zero attached hydrogens (tertiary/aromatic N) is 3. The first kappa shape index (κ1) is 23.1. The predicted octanol–water partition coefficient (Wildman–Crippen LogP) is 6.03. The highest BCUT2D eigenvalue weighted by Crippen LogP contribution is 2.66. The number of hydrogen-bond acceptors (Lipinski definition) is 5. The highest BCUT2D eigenvalue weighted by Gasteiger charge is 2.57. The molecule has 5 aliphatic rings. The van der Waals surface area contributed by atoms with Crippen LogP contribution in [0.3, 0.4) is 0 Å². The molecule has 4 aliphatic carbocycles. The maximum absolute atomic E-state index is 12.5. The van der Waals surface area contributed by atoms with Crippen LogP contribution in [0.2, 0.25) is 0 Å². The van der Waals surface area contributed by atoms with E-state index in [4.69, 9.17) is 4.84 Å². The zero-order valence-electron chi connectivity index (χ0n) is 21.5. The summed E-state index contributed by atoms with van der Waals surface area (Å²) in [6.45, 7) is 5.99. The third-order valence-electron chi connectivity index (χ3n) is 10.6. The molecule has 1 aromatic heterocycles.